The Kier molecular flexibility index (Phi) is 5.34. The van der Waals surface area contributed by atoms with Gasteiger partial charge in [0, 0.05) is 19.1 Å². The molecule has 2 rings (SSSR count). The maximum Gasteiger partial charge on any atom is 0.123 e. The second kappa shape index (κ2) is 7.02. The van der Waals surface area contributed by atoms with Crippen LogP contribution in [0.2, 0.25) is 0 Å². The molecule has 1 aromatic rings. The Balaban J connectivity index is 1.77. The molecule has 4 nitrogen and oxygen atoms in total. The first-order valence-corrected chi connectivity index (χ1v) is 6.96. The van der Waals surface area contributed by atoms with E-state index in [4.69, 9.17) is 9.47 Å². The van der Waals surface area contributed by atoms with Crippen LogP contribution >= 0.6 is 0 Å². The van der Waals surface area contributed by atoms with Gasteiger partial charge >= 0.3 is 0 Å². The number of aliphatic hydroxyl groups is 1. The zero-order chi connectivity index (χ0) is 14.5. The Morgan fingerprint density at radius 3 is 2.80 bits per heavy atom. The normalized spacial score (nSPS) is 25.4. The quantitative estimate of drug-likeness (QED) is 0.892. The Morgan fingerprint density at radius 2 is 2.10 bits per heavy atom. The third-order valence-corrected chi connectivity index (χ3v) is 3.44. The number of nitrogens with zero attached hydrogens (tertiary/aromatic N) is 1. The van der Waals surface area contributed by atoms with Crippen LogP contribution in [0.1, 0.15) is 13.8 Å². The smallest absolute Gasteiger partial charge is 0.123 e. The predicted molar refractivity (Wildman–Crippen MR) is 74.4 cm³/mol. The summed E-state index contributed by atoms with van der Waals surface area (Å²) < 4.78 is 23.8. The minimum absolute atomic E-state index is 0.191. The van der Waals surface area contributed by atoms with Crippen LogP contribution in [0, 0.1) is 5.82 Å². The molecule has 1 saturated heterocycles. The molecule has 0 spiro atoms. The van der Waals surface area contributed by atoms with Crippen molar-refractivity contribution in [1.82, 2.24) is 4.90 Å². The van der Waals surface area contributed by atoms with Crippen molar-refractivity contribution in [2.75, 3.05) is 26.3 Å². The summed E-state index contributed by atoms with van der Waals surface area (Å²) >= 11 is 0. The zero-order valence-electron chi connectivity index (χ0n) is 12.0. The van der Waals surface area contributed by atoms with Gasteiger partial charge in [-0.3, -0.25) is 4.90 Å². The van der Waals surface area contributed by atoms with E-state index in [1.807, 2.05) is 6.92 Å². The van der Waals surface area contributed by atoms with Crippen LogP contribution in [0.5, 0.6) is 5.75 Å². The molecule has 0 radical (unpaired) electrons. The molecule has 1 aliphatic heterocycles. The first-order valence-electron chi connectivity index (χ1n) is 6.96. The number of ether oxygens (including phenoxy) is 2. The predicted octanol–water partition coefficient (Wildman–Crippen LogP) is 1.67. The lowest BCUT2D eigenvalue weighted by Gasteiger charge is -2.37. The van der Waals surface area contributed by atoms with Gasteiger partial charge in [-0.1, -0.05) is 0 Å². The molecule has 0 bridgehead atoms. The SMILES string of the molecule is C[C@@H]1CN(C[C@H](O)COc2ccc(F)cc2)[C@H](C)CO1. The molecule has 0 aliphatic carbocycles. The van der Waals surface area contributed by atoms with Gasteiger partial charge in [-0.2, -0.15) is 0 Å². The second-order valence-electron chi connectivity index (χ2n) is 5.37. The monoisotopic (exact) mass is 283 g/mol. The van der Waals surface area contributed by atoms with Crippen LogP contribution in [-0.2, 0) is 4.74 Å². The summed E-state index contributed by atoms with van der Waals surface area (Å²) in [5, 5.41) is 10.0. The van der Waals surface area contributed by atoms with Crippen LogP contribution in [0.4, 0.5) is 4.39 Å². The molecule has 5 heteroatoms. The van der Waals surface area contributed by atoms with Crippen LogP contribution in [0.25, 0.3) is 0 Å². The van der Waals surface area contributed by atoms with Crippen molar-refractivity contribution in [3.63, 3.8) is 0 Å². The summed E-state index contributed by atoms with van der Waals surface area (Å²) in [6.07, 6.45) is -0.385. The highest BCUT2D eigenvalue weighted by Crippen LogP contribution is 2.14. The number of aliphatic hydroxyl groups excluding tert-OH is 1. The highest BCUT2D eigenvalue weighted by atomic mass is 19.1. The zero-order valence-corrected chi connectivity index (χ0v) is 12.0. The Hall–Kier alpha value is -1.17. The van der Waals surface area contributed by atoms with Crippen LogP contribution in [0.3, 0.4) is 0 Å². The molecule has 0 unspecified atom stereocenters. The first-order chi connectivity index (χ1) is 9.54. The summed E-state index contributed by atoms with van der Waals surface area (Å²) in [6, 6.07) is 6.09. The van der Waals surface area contributed by atoms with E-state index in [2.05, 4.69) is 11.8 Å². The van der Waals surface area contributed by atoms with Crippen molar-refractivity contribution >= 4 is 0 Å². The molecule has 1 aliphatic rings. The first kappa shape index (κ1) is 15.2. The van der Waals surface area contributed by atoms with Gasteiger partial charge in [-0.15, -0.1) is 0 Å². The van der Waals surface area contributed by atoms with Crippen LogP contribution < -0.4 is 4.74 Å². The number of rotatable bonds is 5. The van der Waals surface area contributed by atoms with E-state index in [1.54, 1.807) is 12.1 Å². The maximum atomic E-state index is 12.8. The van der Waals surface area contributed by atoms with E-state index in [-0.39, 0.29) is 18.5 Å². The van der Waals surface area contributed by atoms with Crippen molar-refractivity contribution in [3.05, 3.63) is 30.1 Å². The summed E-state index contributed by atoms with van der Waals surface area (Å²) in [7, 11) is 0. The van der Waals surface area contributed by atoms with Crippen molar-refractivity contribution in [3.8, 4) is 5.75 Å². The van der Waals surface area contributed by atoms with Crippen LogP contribution in [-0.4, -0.2) is 54.6 Å². The molecule has 0 aromatic heterocycles. The lowest BCUT2D eigenvalue weighted by molar-refractivity contribution is -0.0650. The van der Waals surface area contributed by atoms with Gasteiger partial charge in [-0.25, -0.2) is 4.39 Å². The van der Waals surface area contributed by atoms with Gasteiger partial charge in [0.1, 0.15) is 24.3 Å². The summed E-state index contributed by atoms with van der Waals surface area (Å²) in [5.41, 5.74) is 0. The van der Waals surface area contributed by atoms with Crippen molar-refractivity contribution in [2.24, 2.45) is 0 Å². The average Bonchev–Trinajstić information content (AvgIpc) is 2.42. The molecular weight excluding hydrogens is 261 g/mol. The largest absolute Gasteiger partial charge is 0.491 e. The minimum atomic E-state index is -0.576. The second-order valence-corrected chi connectivity index (χ2v) is 5.37. The van der Waals surface area contributed by atoms with E-state index >= 15 is 0 Å². The van der Waals surface area contributed by atoms with Gasteiger partial charge in [-0.05, 0) is 38.1 Å². The van der Waals surface area contributed by atoms with Crippen LogP contribution in [0.15, 0.2) is 24.3 Å². The summed E-state index contributed by atoms with van der Waals surface area (Å²) in [6.45, 7) is 6.36. The number of hydrogen-bond donors (Lipinski definition) is 1. The Bertz CT molecular complexity index is 412. The number of halogens is 1. The molecule has 20 heavy (non-hydrogen) atoms. The molecular formula is C15H22FNO3. The highest BCUT2D eigenvalue weighted by Gasteiger charge is 2.25. The molecule has 1 N–H and O–H groups in total. The fourth-order valence-electron chi connectivity index (χ4n) is 2.27. The Labute approximate surface area is 119 Å². The molecule has 112 valence electrons. The average molecular weight is 283 g/mol. The van der Waals surface area contributed by atoms with E-state index in [0.29, 0.717) is 24.9 Å². The third kappa shape index (κ3) is 4.44. The fourth-order valence-corrected chi connectivity index (χ4v) is 2.27. The van der Waals surface area contributed by atoms with Crippen molar-refractivity contribution in [2.45, 2.75) is 32.1 Å². The highest BCUT2D eigenvalue weighted by molar-refractivity contribution is 5.22. The van der Waals surface area contributed by atoms with Gasteiger partial charge in [0.05, 0.1) is 12.7 Å². The van der Waals surface area contributed by atoms with Crippen molar-refractivity contribution in [1.29, 1.82) is 0 Å². The number of benzene rings is 1. The standard InChI is InChI=1S/C15H22FNO3/c1-11-9-19-12(2)7-17(11)8-14(18)10-20-15-5-3-13(16)4-6-15/h3-6,11-12,14,18H,7-10H2,1-2H3/t11-,12-,14+/m1/s1. The van der Waals surface area contributed by atoms with Crippen molar-refractivity contribution < 1.29 is 19.0 Å². The molecule has 1 fully saturated rings. The maximum absolute atomic E-state index is 12.8. The molecule has 0 saturated carbocycles. The lowest BCUT2D eigenvalue weighted by Crippen LogP contribution is -2.50. The van der Waals surface area contributed by atoms with E-state index < -0.39 is 6.10 Å². The Morgan fingerprint density at radius 1 is 1.40 bits per heavy atom. The molecule has 3 atom stereocenters. The van der Waals surface area contributed by atoms with Gasteiger partial charge in [0.2, 0.25) is 0 Å². The van der Waals surface area contributed by atoms with Gasteiger partial charge < -0.3 is 14.6 Å². The van der Waals surface area contributed by atoms with Gasteiger partial charge in [0.25, 0.3) is 0 Å². The third-order valence-electron chi connectivity index (χ3n) is 3.44. The van der Waals surface area contributed by atoms with E-state index in [9.17, 15) is 9.50 Å². The van der Waals surface area contributed by atoms with E-state index in [1.165, 1.54) is 12.1 Å². The topological polar surface area (TPSA) is 41.9 Å². The van der Waals surface area contributed by atoms with E-state index in [0.717, 1.165) is 6.54 Å². The number of morpholine rings is 1. The lowest BCUT2D eigenvalue weighted by atomic mass is 10.2. The minimum Gasteiger partial charge on any atom is -0.491 e. The fraction of sp³-hybridized carbons (Fsp3) is 0.600. The molecule has 0 amide bonds. The molecule has 1 aromatic carbocycles. The summed E-state index contributed by atoms with van der Waals surface area (Å²) in [4.78, 5) is 2.20. The molecule has 1 heterocycles. The number of hydrogen-bond acceptors (Lipinski definition) is 4. The van der Waals surface area contributed by atoms with Gasteiger partial charge in [0.15, 0.2) is 0 Å². The summed E-state index contributed by atoms with van der Waals surface area (Å²) in [5.74, 6) is 0.267. The number of β-amino-alcohol motifs (C(OH)–C–C–N with tert-alkyl or cyclic N) is 1.